The van der Waals surface area contributed by atoms with E-state index < -0.39 is 0 Å². The van der Waals surface area contributed by atoms with Gasteiger partial charge in [0.25, 0.3) is 0 Å². The maximum absolute atomic E-state index is 6.06. The molecule has 1 aliphatic carbocycles. The highest BCUT2D eigenvalue weighted by atomic mass is 35.5. The molecular formula is C9H15Cl2N. The van der Waals surface area contributed by atoms with E-state index in [1.807, 2.05) is 6.08 Å². The van der Waals surface area contributed by atoms with Crippen molar-refractivity contribution in [2.75, 3.05) is 6.54 Å². The highest BCUT2D eigenvalue weighted by Gasteiger charge is 2.46. The van der Waals surface area contributed by atoms with Gasteiger partial charge in [0.05, 0.1) is 0 Å². The Bertz CT molecular complexity index is 177. The van der Waals surface area contributed by atoms with Crippen LogP contribution in [0.5, 0.6) is 0 Å². The first kappa shape index (κ1) is 10.4. The SMILES string of the molecule is CC1(C)C(Cl)CC1NC/C=C/Cl. The zero-order valence-electron chi connectivity index (χ0n) is 7.48. The van der Waals surface area contributed by atoms with Gasteiger partial charge in [0.1, 0.15) is 0 Å². The quantitative estimate of drug-likeness (QED) is 0.703. The van der Waals surface area contributed by atoms with Gasteiger partial charge < -0.3 is 5.32 Å². The topological polar surface area (TPSA) is 12.0 Å². The van der Waals surface area contributed by atoms with E-state index >= 15 is 0 Å². The van der Waals surface area contributed by atoms with Crippen molar-refractivity contribution in [3.8, 4) is 0 Å². The third kappa shape index (κ3) is 1.95. The third-order valence-electron chi connectivity index (χ3n) is 2.72. The fraction of sp³-hybridized carbons (Fsp3) is 0.778. The Balaban J connectivity index is 2.27. The number of alkyl halides is 1. The molecule has 0 aromatic heterocycles. The first-order valence-corrected chi connectivity index (χ1v) is 5.09. The van der Waals surface area contributed by atoms with E-state index in [1.54, 1.807) is 0 Å². The van der Waals surface area contributed by atoms with Crippen molar-refractivity contribution in [2.45, 2.75) is 31.7 Å². The van der Waals surface area contributed by atoms with Crippen LogP contribution in [0.2, 0.25) is 0 Å². The zero-order valence-corrected chi connectivity index (χ0v) is 8.99. The Morgan fingerprint density at radius 3 is 2.67 bits per heavy atom. The van der Waals surface area contributed by atoms with Crippen molar-refractivity contribution in [2.24, 2.45) is 5.41 Å². The summed E-state index contributed by atoms with van der Waals surface area (Å²) in [5, 5.41) is 3.70. The van der Waals surface area contributed by atoms with E-state index in [4.69, 9.17) is 23.2 Å². The van der Waals surface area contributed by atoms with Crippen LogP contribution in [0.1, 0.15) is 20.3 Å². The summed E-state index contributed by atoms with van der Waals surface area (Å²) in [5.74, 6) is 0. The van der Waals surface area contributed by atoms with Crippen LogP contribution in [0.4, 0.5) is 0 Å². The summed E-state index contributed by atoms with van der Waals surface area (Å²) in [5.41, 5.74) is 1.76. The van der Waals surface area contributed by atoms with Gasteiger partial charge in [-0.3, -0.25) is 0 Å². The fourth-order valence-corrected chi connectivity index (χ4v) is 1.89. The van der Waals surface area contributed by atoms with Gasteiger partial charge in [-0.1, -0.05) is 31.5 Å². The second-order valence-corrected chi connectivity index (χ2v) is 4.63. The predicted molar refractivity (Wildman–Crippen MR) is 54.8 cm³/mol. The lowest BCUT2D eigenvalue weighted by Crippen LogP contribution is -2.57. The average Bonchev–Trinajstić information content (AvgIpc) is 2.04. The van der Waals surface area contributed by atoms with Crippen LogP contribution >= 0.6 is 23.2 Å². The summed E-state index contributed by atoms with van der Waals surface area (Å²) in [4.78, 5) is 0. The van der Waals surface area contributed by atoms with Gasteiger partial charge in [-0.25, -0.2) is 0 Å². The lowest BCUT2D eigenvalue weighted by Gasteiger charge is -2.49. The van der Waals surface area contributed by atoms with E-state index in [9.17, 15) is 0 Å². The monoisotopic (exact) mass is 207 g/mol. The van der Waals surface area contributed by atoms with Crippen molar-refractivity contribution in [1.29, 1.82) is 0 Å². The Hall–Kier alpha value is 0.280. The van der Waals surface area contributed by atoms with Crippen molar-refractivity contribution >= 4 is 23.2 Å². The van der Waals surface area contributed by atoms with Gasteiger partial charge in [-0.15, -0.1) is 11.6 Å². The molecule has 0 heterocycles. The smallest absolute Gasteiger partial charge is 0.0416 e. The minimum atomic E-state index is 0.224. The molecule has 0 spiro atoms. The van der Waals surface area contributed by atoms with Crippen LogP contribution in [0.25, 0.3) is 0 Å². The van der Waals surface area contributed by atoms with Gasteiger partial charge in [-0.2, -0.15) is 0 Å². The molecular weight excluding hydrogens is 193 g/mol. The van der Waals surface area contributed by atoms with Gasteiger partial charge in [0, 0.05) is 23.5 Å². The summed E-state index contributed by atoms with van der Waals surface area (Å²) >= 11 is 11.5. The van der Waals surface area contributed by atoms with Crippen LogP contribution in [0.3, 0.4) is 0 Å². The highest BCUT2D eigenvalue weighted by Crippen LogP contribution is 2.44. The predicted octanol–water partition coefficient (Wildman–Crippen LogP) is 2.73. The lowest BCUT2D eigenvalue weighted by molar-refractivity contribution is 0.121. The van der Waals surface area contributed by atoms with Crippen LogP contribution in [-0.4, -0.2) is 18.0 Å². The normalized spacial score (nSPS) is 33.7. The summed E-state index contributed by atoms with van der Waals surface area (Å²) in [7, 11) is 0. The number of rotatable bonds is 3. The first-order valence-electron chi connectivity index (χ1n) is 4.21. The van der Waals surface area contributed by atoms with Crippen LogP contribution in [-0.2, 0) is 0 Å². The second-order valence-electron chi connectivity index (χ2n) is 3.85. The van der Waals surface area contributed by atoms with E-state index in [0.717, 1.165) is 13.0 Å². The molecule has 1 N–H and O–H groups in total. The fourth-order valence-electron chi connectivity index (χ4n) is 1.47. The molecule has 1 aliphatic rings. The number of halogens is 2. The highest BCUT2D eigenvalue weighted by molar-refractivity contribution is 6.25. The molecule has 3 heteroatoms. The third-order valence-corrected chi connectivity index (χ3v) is 3.64. The standard InChI is InChI=1S/C9H15Cl2N/c1-9(2)7(11)6-8(9)12-5-3-4-10/h3-4,7-8,12H,5-6H2,1-2H3/b4-3+. The molecule has 1 nitrogen and oxygen atoms in total. The molecule has 0 amide bonds. The largest absolute Gasteiger partial charge is 0.310 e. The van der Waals surface area contributed by atoms with E-state index in [-0.39, 0.29) is 5.41 Å². The van der Waals surface area contributed by atoms with E-state index in [1.165, 1.54) is 5.54 Å². The first-order chi connectivity index (χ1) is 5.59. The van der Waals surface area contributed by atoms with Crippen molar-refractivity contribution in [3.05, 3.63) is 11.6 Å². The molecule has 1 saturated carbocycles. The van der Waals surface area contributed by atoms with E-state index in [2.05, 4.69) is 19.2 Å². The number of hydrogen-bond donors (Lipinski definition) is 1. The Morgan fingerprint density at radius 2 is 2.25 bits per heavy atom. The molecule has 0 saturated heterocycles. The molecule has 0 aromatic rings. The van der Waals surface area contributed by atoms with Crippen molar-refractivity contribution < 1.29 is 0 Å². The lowest BCUT2D eigenvalue weighted by atomic mass is 9.67. The Kier molecular flexibility index (Phi) is 3.45. The number of hydrogen-bond acceptors (Lipinski definition) is 1. The minimum Gasteiger partial charge on any atom is -0.310 e. The summed E-state index contributed by atoms with van der Waals surface area (Å²) in [6, 6.07) is 0.535. The average molecular weight is 208 g/mol. The van der Waals surface area contributed by atoms with Crippen LogP contribution in [0, 0.1) is 5.41 Å². The summed E-state index contributed by atoms with van der Waals surface area (Å²) in [6.45, 7) is 5.22. The van der Waals surface area contributed by atoms with Gasteiger partial charge in [0.2, 0.25) is 0 Å². The van der Waals surface area contributed by atoms with Crippen molar-refractivity contribution in [3.63, 3.8) is 0 Å². The molecule has 0 aromatic carbocycles. The van der Waals surface area contributed by atoms with E-state index in [0.29, 0.717) is 11.4 Å². The molecule has 0 bridgehead atoms. The van der Waals surface area contributed by atoms with Crippen LogP contribution in [0.15, 0.2) is 11.6 Å². The van der Waals surface area contributed by atoms with Gasteiger partial charge in [-0.05, 0) is 11.8 Å². The molecule has 1 fully saturated rings. The Labute approximate surface area is 84.1 Å². The molecule has 2 atom stereocenters. The van der Waals surface area contributed by atoms with Crippen LogP contribution < -0.4 is 5.32 Å². The van der Waals surface area contributed by atoms with Crippen molar-refractivity contribution in [1.82, 2.24) is 5.32 Å². The molecule has 70 valence electrons. The minimum absolute atomic E-state index is 0.224. The zero-order chi connectivity index (χ0) is 9.19. The van der Waals surface area contributed by atoms with Gasteiger partial charge >= 0.3 is 0 Å². The Morgan fingerprint density at radius 1 is 1.58 bits per heavy atom. The second kappa shape index (κ2) is 3.99. The molecule has 1 rings (SSSR count). The number of nitrogens with one attached hydrogen (secondary N) is 1. The molecule has 0 radical (unpaired) electrons. The summed E-state index contributed by atoms with van der Waals surface area (Å²) in [6.07, 6.45) is 2.96. The molecule has 0 aliphatic heterocycles. The van der Waals surface area contributed by atoms with Gasteiger partial charge in [0.15, 0.2) is 0 Å². The maximum atomic E-state index is 6.06. The summed E-state index contributed by atoms with van der Waals surface area (Å²) < 4.78 is 0. The molecule has 12 heavy (non-hydrogen) atoms. The molecule has 2 unspecified atom stereocenters. The maximum Gasteiger partial charge on any atom is 0.0416 e.